The Morgan fingerprint density at radius 1 is 1.06 bits per heavy atom. The normalized spacial score (nSPS) is 12.4. The summed E-state index contributed by atoms with van der Waals surface area (Å²) in [6.45, 7) is 0. The van der Waals surface area contributed by atoms with E-state index < -0.39 is 0 Å². The van der Waals surface area contributed by atoms with Gasteiger partial charge >= 0.3 is 0 Å². The van der Waals surface area contributed by atoms with Gasteiger partial charge in [-0.3, -0.25) is 0 Å². The van der Waals surface area contributed by atoms with Crippen LogP contribution in [0.1, 0.15) is 17.2 Å². The van der Waals surface area contributed by atoms with Crippen LogP contribution >= 0.6 is 31.9 Å². The van der Waals surface area contributed by atoms with E-state index in [4.69, 9.17) is 5.73 Å². The Kier molecular flexibility index (Phi) is 4.54. The number of hydrogen-bond donors (Lipinski definition) is 1. The summed E-state index contributed by atoms with van der Waals surface area (Å²) in [7, 11) is 0. The van der Waals surface area contributed by atoms with Gasteiger partial charge in [-0.1, -0.05) is 40.2 Å². The first-order valence-corrected chi connectivity index (χ1v) is 7.10. The smallest absolute Gasteiger partial charge is 0.137 e. The Balaban J connectivity index is 2.19. The van der Waals surface area contributed by atoms with Crippen LogP contribution in [0.25, 0.3) is 0 Å². The van der Waals surface area contributed by atoms with Crippen molar-refractivity contribution in [1.82, 2.24) is 0 Å². The predicted molar refractivity (Wildman–Crippen MR) is 78.9 cm³/mol. The largest absolute Gasteiger partial charge is 0.324 e. The number of rotatable bonds is 3. The zero-order valence-corrected chi connectivity index (χ0v) is 12.7. The lowest BCUT2D eigenvalue weighted by Gasteiger charge is -2.14. The topological polar surface area (TPSA) is 26.0 Å². The molecule has 18 heavy (non-hydrogen) atoms. The van der Waals surface area contributed by atoms with E-state index in [2.05, 4.69) is 31.9 Å². The van der Waals surface area contributed by atoms with Crippen LogP contribution in [0.3, 0.4) is 0 Å². The molecule has 94 valence electrons. The van der Waals surface area contributed by atoms with Crippen LogP contribution in [0.15, 0.2) is 51.4 Å². The molecule has 2 rings (SSSR count). The lowest BCUT2D eigenvalue weighted by Crippen LogP contribution is -2.14. The van der Waals surface area contributed by atoms with Crippen LogP contribution in [0.2, 0.25) is 0 Å². The molecule has 0 aliphatic heterocycles. The van der Waals surface area contributed by atoms with Crippen molar-refractivity contribution in [2.75, 3.05) is 0 Å². The molecule has 0 radical (unpaired) electrons. The van der Waals surface area contributed by atoms with Crippen LogP contribution in [0.4, 0.5) is 4.39 Å². The minimum Gasteiger partial charge on any atom is -0.324 e. The highest BCUT2D eigenvalue weighted by Crippen LogP contribution is 2.25. The molecule has 0 aliphatic carbocycles. The third-order valence-electron chi connectivity index (χ3n) is 2.74. The summed E-state index contributed by atoms with van der Waals surface area (Å²) in [6.07, 6.45) is 0.668. The summed E-state index contributed by atoms with van der Waals surface area (Å²) in [5, 5.41) is 0. The third-order valence-corrected chi connectivity index (χ3v) is 4.07. The van der Waals surface area contributed by atoms with Crippen LogP contribution in [-0.2, 0) is 6.42 Å². The molecule has 1 atom stereocenters. The van der Waals surface area contributed by atoms with Gasteiger partial charge in [0.05, 0.1) is 4.47 Å². The Labute approximate surface area is 122 Å². The zero-order valence-electron chi connectivity index (χ0n) is 9.54. The Morgan fingerprint density at radius 2 is 1.78 bits per heavy atom. The fraction of sp³-hybridized carbons (Fsp3) is 0.143. The predicted octanol–water partition coefficient (Wildman–Crippen LogP) is 4.59. The van der Waals surface area contributed by atoms with E-state index in [1.165, 1.54) is 6.07 Å². The summed E-state index contributed by atoms with van der Waals surface area (Å²) < 4.78 is 14.6. The van der Waals surface area contributed by atoms with E-state index in [9.17, 15) is 4.39 Å². The molecule has 0 aromatic heterocycles. The highest BCUT2D eigenvalue weighted by molar-refractivity contribution is 9.10. The average molecular weight is 373 g/mol. The highest BCUT2D eigenvalue weighted by atomic mass is 79.9. The zero-order chi connectivity index (χ0) is 13.1. The molecule has 2 aromatic rings. The van der Waals surface area contributed by atoms with Crippen molar-refractivity contribution in [3.05, 3.63) is 68.4 Å². The fourth-order valence-electron chi connectivity index (χ4n) is 1.81. The maximum atomic E-state index is 13.1. The number of halogens is 3. The Hall–Kier alpha value is -0.710. The molecule has 0 bridgehead atoms. The van der Waals surface area contributed by atoms with E-state index in [1.54, 1.807) is 12.1 Å². The van der Waals surface area contributed by atoms with E-state index in [0.29, 0.717) is 10.9 Å². The summed E-state index contributed by atoms with van der Waals surface area (Å²) in [5.74, 6) is -0.256. The molecular weight excluding hydrogens is 361 g/mol. The van der Waals surface area contributed by atoms with Crippen molar-refractivity contribution in [2.24, 2.45) is 5.73 Å². The second-order valence-corrected chi connectivity index (χ2v) is 5.79. The van der Waals surface area contributed by atoms with Crippen molar-refractivity contribution >= 4 is 31.9 Å². The van der Waals surface area contributed by atoms with E-state index >= 15 is 0 Å². The van der Waals surface area contributed by atoms with Crippen LogP contribution in [0, 0.1) is 5.82 Å². The summed E-state index contributed by atoms with van der Waals surface area (Å²) in [6, 6.07) is 12.7. The molecule has 0 amide bonds. The number of hydrogen-bond acceptors (Lipinski definition) is 1. The van der Waals surface area contributed by atoms with E-state index in [0.717, 1.165) is 15.6 Å². The van der Waals surface area contributed by atoms with Gasteiger partial charge in [0, 0.05) is 10.5 Å². The third kappa shape index (κ3) is 3.19. The summed E-state index contributed by atoms with van der Waals surface area (Å²) >= 11 is 6.67. The minimum absolute atomic E-state index is 0.113. The molecule has 0 saturated heterocycles. The standard InChI is InChI=1S/C14H12Br2FN/c15-11-4-2-1-3-10(11)14(18)8-9-5-6-13(17)12(16)7-9/h1-7,14H,8,18H2. The van der Waals surface area contributed by atoms with E-state index in [1.807, 2.05) is 24.3 Å². The van der Waals surface area contributed by atoms with Crippen LogP contribution in [-0.4, -0.2) is 0 Å². The van der Waals surface area contributed by atoms with Gasteiger partial charge in [-0.05, 0) is 51.7 Å². The van der Waals surface area contributed by atoms with Crippen molar-refractivity contribution in [2.45, 2.75) is 12.5 Å². The molecule has 4 heteroatoms. The lowest BCUT2D eigenvalue weighted by molar-refractivity contribution is 0.618. The molecule has 2 aromatic carbocycles. The molecule has 1 unspecified atom stereocenters. The minimum atomic E-state index is -0.256. The molecule has 0 saturated carbocycles. The molecule has 0 fully saturated rings. The van der Waals surface area contributed by atoms with Gasteiger partial charge in [-0.2, -0.15) is 0 Å². The second kappa shape index (κ2) is 5.95. The Bertz CT molecular complexity index is 557. The van der Waals surface area contributed by atoms with Crippen molar-refractivity contribution in [1.29, 1.82) is 0 Å². The number of nitrogens with two attached hydrogens (primary N) is 1. The van der Waals surface area contributed by atoms with Gasteiger partial charge < -0.3 is 5.73 Å². The van der Waals surface area contributed by atoms with Crippen molar-refractivity contribution < 1.29 is 4.39 Å². The van der Waals surface area contributed by atoms with Gasteiger partial charge in [0.25, 0.3) is 0 Å². The van der Waals surface area contributed by atoms with Crippen LogP contribution < -0.4 is 5.73 Å². The average Bonchev–Trinajstić information content (AvgIpc) is 2.34. The lowest BCUT2D eigenvalue weighted by atomic mass is 10.00. The number of benzene rings is 2. The van der Waals surface area contributed by atoms with Gasteiger partial charge in [0.1, 0.15) is 5.82 Å². The molecular formula is C14H12Br2FN. The first-order chi connectivity index (χ1) is 8.58. The maximum absolute atomic E-state index is 13.1. The van der Waals surface area contributed by atoms with E-state index in [-0.39, 0.29) is 11.9 Å². The van der Waals surface area contributed by atoms with Gasteiger partial charge in [0.2, 0.25) is 0 Å². The van der Waals surface area contributed by atoms with Crippen molar-refractivity contribution in [3.63, 3.8) is 0 Å². The van der Waals surface area contributed by atoms with Crippen molar-refractivity contribution in [3.8, 4) is 0 Å². The fourth-order valence-corrected chi connectivity index (χ4v) is 2.81. The molecule has 0 heterocycles. The van der Waals surface area contributed by atoms with Gasteiger partial charge in [-0.15, -0.1) is 0 Å². The molecule has 0 spiro atoms. The Morgan fingerprint density at radius 3 is 2.44 bits per heavy atom. The maximum Gasteiger partial charge on any atom is 0.137 e. The first-order valence-electron chi connectivity index (χ1n) is 5.52. The first kappa shape index (κ1) is 13.7. The molecule has 0 aliphatic rings. The SMILES string of the molecule is NC(Cc1ccc(F)c(Br)c1)c1ccccc1Br. The second-order valence-electron chi connectivity index (χ2n) is 4.08. The summed E-state index contributed by atoms with van der Waals surface area (Å²) in [4.78, 5) is 0. The quantitative estimate of drug-likeness (QED) is 0.837. The monoisotopic (exact) mass is 371 g/mol. The van der Waals surface area contributed by atoms with Gasteiger partial charge in [0.15, 0.2) is 0 Å². The van der Waals surface area contributed by atoms with Crippen LogP contribution in [0.5, 0.6) is 0 Å². The highest BCUT2D eigenvalue weighted by Gasteiger charge is 2.11. The molecule has 1 nitrogen and oxygen atoms in total. The molecule has 2 N–H and O–H groups in total. The summed E-state index contributed by atoms with van der Waals surface area (Å²) in [5.41, 5.74) is 8.24. The van der Waals surface area contributed by atoms with Gasteiger partial charge in [-0.25, -0.2) is 4.39 Å².